The fourth-order valence-electron chi connectivity index (χ4n) is 5.29. The van der Waals surface area contributed by atoms with E-state index < -0.39 is 0 Å². The molecular formula is C28H33N3O3. The lowest BCUT2D eigenvalue weighted by Gasteiger charge is -2.37. The predicted molar refractivity (Wildman–Crippen MR) is 132 cm³/mol. The molecule has 6 heteroatoms. The smallest absolute Gasteiger partial charge is 0.263 e. The topological polar surface area (TPSA) is 60.9 Å². The van der Waals surface area contributed by atoms with Gasteiger partial charge in [0.25, 0.3) is 11.8 Å². The van der Waals surface area contributed by atoms with E-state index in [1.54, 1.807) is 6.07 Å². The molecule has 2 fully saturated rings. The zero-order valence-corrected chi connectivity index (χ0v) is 19.9. The van der Waals surface area contributed by atoms with Crippen LogP contribution >= 0.6 is 0 Å². The number of amides is 3. The summed E-state index contributed by atoms with van der Waals surface area (Å²) >= 11 is 0. The van der Waals surface area contributed by atoms with Crippen LogP contribution in [-0.2, 0) is 11.3 Å². The molecule has 2 aliphatic heterocycles. The van der Waals surface area contributed by atoms with Crippen molar-refractivity contribution in [1.82, 2.24) is 9.80 Å². The van der Waals surface area contributed by atoms with Gasteiger partial charge in [-0.2, -0.15) is 0 Å². The monoisotopic (exact) mass is 459 g/mol. The van der Waals surface area contributed by atoms with Crippen LogP contribution in [0.3, 0.4) is 0 Å². The van der Waals surface area contributed by atoms with Gasteiger partial charge in [-0.3, -0.25) is 19.3 Å². The molecule has 2 aromatic rings. The molecule has 0 N–H and O–H groups in total. The number of unbranched alkanes of at least 4 members (excludes halogenated alkanes) is 1. The summed E-state index contributed by atoms with van der Waals surface area (Å²) in [6.45, 7) is 4.90. The van der Waals surface area contributed by atoms with Gasteiger partial charge in [0.2, 0.25) is 5.91 Å². The van der Waals surface area contributed by atoms with Gasteiger partial charge in [-0.25, -0.2) is 0 Å². The van der Waals surface area contributed by atoms with Crippen LogP contribution in [0.2, 0.25) is 0 Å². The van der Waals surface area contributed by atoms with Gasteiger partial charge in [-0.05, 0) is 49.8 Å². The highest BCUT2D eigenvalue weighted by molar-refractivity contribution is 6.24. The average molecular weight is 460 g/mol. The molecule has 3 amide bonds. The van der Waals surface area contributed by atoms with Gasteiger partial charge in [-0.1, -0.05) is 49.7 Å². The van der Waals surface area contributed by atoms with E-state index >= 15 is 0 Å². The summed E-state index contributed by atoms with van der Waals surface area (Å²) in [5.41, 5.74) is 2.99. The summed E-state index contributed by atoms with van der Waals surface area (Å²) in [6.07, 6.45) is 5.56. The summed E-state index contributed by atoms with van der Waals surface area (Å²) in [5, 5.41) is 0. The van der Waals surface area contributed by atoms with Crippen molar-refractivity contribution in [3.8, 4) is 0 Å². The average Bonchev–Trinajstić information content (AvgIpc) is 3.67. The molecule has 1 atom stereocenters. The molecule has 0 bridgehead atoms. The Balaban J connectivity index is 1.35. The summed E-state index contributed by atoms with van der Waals surface area (Å²) in [5.74, 6) is -0.253. The van der Waals surface area contributed by atoms with E-state index in [1.807, 2.05) is 35.2 Å². The van der Waals surface area contributed by atoms with Crippen LogP contribution in [0.4, 0.5) is 5.69 Å². The second kappa shape index (κ2) is 9.61. The summed E-state index contributed by atoms with van der Waals surface area (Å²) < 4.78 is 0. The first kappa shape index (κ1) is 22.6. The fraction of sp³-hybridized carbons (Fsp3) is 0.464. The fourth-order valence-corrected chi connectivity index (χ4v) is 5.29. The Labute approximate surface area is 201 Å². The molecule has 0 spiro atoms. The molecule has 1 saturated carbocycles. The lowest BCUT2D eigenvalue weighted by molar-refractivity contribution is -0.136. The number of benzene rings is 2. The molecule has 5 rings (SSSR count). The molecule has 178 valence electrons. The van der Waals surface area contributed by atoms with Crippen LogP contribution in [-0.4, -0.2) is 53.2 Å². The van der Waals surface area contributed by atoms with Gasteiger partial charge in [0.1, 0.15) is 0 Å². The van der Waals surface area contributed by atoms with Crippen LogP contribution in [0, 0.1) is 5.92 Å². The van der Waals surface area contributed by atoms with Crippen LogP contribution in [0.25, 0.3) is 0 Å². The van der Waals surface area contributed by atoms with Gasteiger partial charge in [-0.15, -0.1) is 0 Å². The SMILES string of the molecule is CCCCN(Cc1ccccc1)C(=O)C1CCCN(c2cccc3c2C(=O)N(C2CC2)C3=O)C1. The molecule has 0 aromatic heterocycles. The van der Waals surface area contributed by atoms with Crippen LogP contribution in [0.5, 0.6) is 0 Å². The largest absolute Gasteiger partial charge is 0.370 e. The Bertz CT molecular complexity index is 1080. The van der Waals surface area contributed by atoms with Crippen molar-refractivity contribution in [3.05, 3.63) is 65.2 Å². The minimum absolute atomic E-state index is 0.0565. The molecule has 1 saturated heterocycles. The van der Waals surface area contributed by atoms with Gasteiger partial charge in [0.05, 0.1) is 22.7 Å². The predicted octanol–water partition coefficient (Wildman–Crippen LogP) is 4.49. The number of rotatable bonds is 8. The van der Waals surface area contributed by atoms with Crippen molar-refractivity contribution in [2.75, 3.05) is 24.5 Å². The molecular weight excluding hydrogens is 426 g/mol. The lowest BCUT2D eigenvalue weighted by atomic mass is 9.94. The highest BCUT2D eigenvalue weighted by atomic mass is 16.2. The van der Waals surface area contributed by atoms with Gasteiger partial charge >= 0.3 is 0 Å². The van der Waals surface area contributed by atoms with E-state index in [4.69, 9.17) is 0 Å². The van der Waals surface area contributed by atoms with Crippen molar-refractivity contribution in [1.29, 1.82) is 0 Å². The summed E-state index contributed by atoms with van der Waals surface area (Å²) in [4.78, 5) is 45.4. The molecule has 0 radical (unpaired) electrons. The number of fused-ring (bicyclic) bond motifs is 1. The highest BCUT2D eigenvalue weighted by Crippen LogP contribution is 2.39. The Morgan fingerprint density at radius 3 is 2.53 bits per heavy atom. The Morgan fingerprint density at radius 2 is 1.79 bits per heavy atom. The Kier molecular flexibility index (Phi) is 6.40. The Hall–Kier alpha value is -3.15. The van der Waals surface area contributed by atoms with Crippen molar-refractivity contribution < 1.29 is 14.4 Å². The van der Waals surface area contributed by atoms with Crippen molar-refractivity contribution >= 4 is 23.4 Å². The zero-order chi connectivity index (χ0) is 23.7. The minimum atomic E-state index is -0.166. The van der Waals surface area contributed by atoms with Crippen molar-refractivity contribution in [2.24, 2.45) is 5.92 Å². The van der Waals surface area contributed by atoms with Gasteiger partial charge < -0.3 is 9.80 Å². The third-order valence-electron chi connectivity index (χ3n) is 7.26. The third-order valence-corrected chi connectivity index (χ3v) is 7.26. The number of imide groups is 1. The number of anilines is 1. The molecule has 2 heterocycles. The quantitative estimate of drug-likeness (QED) is 0.546. The van der Waals surface area contributed by atoms with E-state index in [0.29, 0.717) is 24.2 Å². The van der Waals surface area contributed by atoms with Gasteiger partial charge in [0, 0.05) is 32.2 Å². The third kappa shape index (κ3) is 4.33. The normalized spacial score (nSPS) is 20.0. The van der Waals surface area contributed by atoms with E-state index in [1.165, 1.54) is 4.90 Å². The van der Waals surface area contributed by atoms with Crippen molar-refractivity contribution in [3.63, 3.8) is 0 Å². The molecule has 34 heavy (non-hydrogen) atoms. The summed E-state index contributed by atoms with van der Waals surface area (Å²) in [7, 11) is 0. The first-order valence-corrected chi connectivity index (χ1v) is 12.7. The number of nitrogens with zero attached hydrogens (tertiary/aromatic N) is 3. The summed E-state index contributed by atoms with van der Waals surface area (Å²) in [6, 6.07) is 15.8. The standard InChI is InChI=1S/C28H33N3O3/c1-2-3-16-30(18-20-9-5-4-6-10-20)26(32)21-11-8-17-29(19-21)24-13-7-12-23-25(24)28(34)31(27(23)33)22-14-15-22/h4-7,9-10,12-13,21-22H,2-3,8,11,14-19H2,1H3. The minimum Gasteiger partial charge on any atom is -0.370 e. The van der Waals surface area contributed by atoms with Crippen LogP contribution in [0.15, 0.2) is 48.5 Å². The first-order chi connectivity index (χ1) is 16.6. The number of hydrogen-bond acceptors (Lipinski definition) is 4. The second-order valence-electron chi connectivity index (χ2n) is 9.80. The van der Waals surface area contributed by atoms with E-state index in [2.05, 4.69) is 24.0 Å². The molecule has 6 nitrogen and oxygen atoms in total. The maximum atomic E-state index is 13.7. The molecule has 1 aliphatic carbocycles. The number of carbonyl (C=O) groups excluding carboxylic acids is 3. The van der Waals surface area contributed by atoms with E-state index in [0.717, 1.165) is 62.9 Å². The maximum Gasteiger partial charge on any atom is 0.263 e. The number of hydrogen-bond donors (Lipinski definition) is 0. The maximum absolute atomic E-state index is 13.7. The van der Waals surface area contributed by atoms with Crippen LogP contribution in [0.1, 0.15) is 71.7 Å². The zero-order valence-electron chi connectivity index (χ0n) is 19.9. The molecule has 1 unspecified atom stereocenters. The lowest BCUT2D eigenvalue weighted by Crippen LogP contribution is -2.45. The number of piperidine rings is 1. The Morgan fingerprint density at radius 1 is 1.00 bits per heavy atom. The molecule has 2 aromatic carbocycles. The van der Waals surface area contributed by atoms with Crippen LogP contribution < -0.4 is 4.90 Å². The van der Waals surface area contributed by atoms with Gasteiger partial charge in [0.15, 0.2) is 0 Å². The van der Waals surface area contributed by atoms with Crippen molar-refractivity contribution in [2.45, 2.75) is 58.0 Å². The molecule has 3 aliphatic rings. The van der Waals surface area contributed by atoms with E-state index in [-0.39, 0.29) is 29.7 Å². The highest BCUT2D eigenvalue weighted by Gasteiger charge is 2.46. The first-order valence-electron chi connectivity index (χ1n) is 12.7. The second-order valence-corrected chi connectivity index (χ2v) is 9.80. The van der Waals surface area contributed by atoms with E-state index in [9.17, 15) is 14.4 Å². The number of carbonyl (C=O) groups is 3.